The highest BCUT2D eigenvalue weighted by Gasteiger charge is 1.95. The molecule has 0 spiro atoms. The van der Waals surface area contributed by atoms with Crippen LogP contribution in [0.4, 0.5) is 0 Å². The van der Waals surface area contributed by atoms with Crippen LogP contribution in [0.15, 0.2) is 16.9 Å². The van der Waals surface area contributed by atoms with Crippen LogP contribution in [0.1, 0.15) is 39.0 Å². The summed E-state index contributed by atoms with van der Waals surface area (Å²) in [5.41, 5.74) is 0. The van der Waals surface area contributed by atoms with Crippen molar-refractivity contribution in [2.24, 2.45) is 0 Å². The standard InChI is InChI=1S/C12H22BrN3/c1-2-7-14-8-5-3-4-6-9-16-11-12(13)10-15-16/h10-11,14H,2-9H2,1H3. The van der Waals surface area contributed by atoms with E-state index in [-0.39, 0.29) is 0 Å². The summed E-state index contributed by atoms with van der Waals surface area (Å²) in [5, 5.41) is 7.65. The molecule has 0 saturated heterocycles. The Labute approximate surface area is 107 Å². The Morgan fingerprint density at radius 1 is 1.25 bits per heavy atom. The highest BCUT2D eigenvalue weighted by molar-refractivity contribution is 9.10. The van der Waals surface area contributed by atoms with Crippen LogP contribution >= 0.6 is 15.9 Å². The van der Waals surface area contributed by atoms with Gasteiger partial charge in [-0.1, -0.05) is 19.8 Å². The summed E-state index contributed by atoms with van der Waals surface area (Å²) in [5.74, 6) is 0. The van der Waals surface area contributed by atoms with Gasteiger partial charge in [0.25, 0.3) is 0 Å². The Morgan fingerprint density at radius 3 is 2.75 bits per heavy atom. The lowest BCUT2D eigenvalue weighted by Gasteiger charge is -2.03. The largest absolute Gasteiger partial charge is 0.317 e. The van der Waals surface area contributed by atoms with Crippen molar-refractivity contribution in [1.82, 2.24) is 15.1 Å². The van der Waals surface area contributed by atoms with Gasteiger partial charge >= 0.3 is 0 Å². The first-order chi connectivity index (χ1) is 7.83. The maximum absolute atomic E-state index is 4.23. The molecule has 1 heterocycles. The molecule has 1 N–H and O–H groups in total. The van der Waals surface area contributed by atoms with Gasteiger partial charge in [-0.15, -0.1) is 0 Å². The summed E-state index contributed by atoms with van der Waals surface area (Å²) in [4.78, 5) is 0. The minimum atomic E-state index is 1.04. The van der Waals surface area contributed by atoms with Crippen molar-refractivity contribution >= 4 is 15.9 Å². The third-order valence-electron chi connectivity index (χ3n) is 2.52. The number of hydrogen-bond donors (Lipinski definition) is 1. The summed E-state index contributed by atoms with van der Waals surface area (Å²) in [7, 11) is 0. The molecule has 92 valence electrons. The molecule has 16 heavy (non-hydrogen) atoms. The number of unbranched alkanes of at least 4 members (excludes halogenated alkanes) is 3. The minimum Gasteiger partial charge on any atom is -0.317 e. The van der Waals surface area contributed by atoms with Crippen LogP contribution in [0.25, 0.3) is 0 Å². The summed E-state index contributed by atoms with van der Waals surface area (Å²) in [6.45, 7) is 5.56. The van der Waals surface area contributed by atoms with Crippen LogP contribution in [0, 0.1) is 0 Å². The van der Waals surface area contributed by atoms with Crippen LogP contribution in [0.2, 0.25) is 0 Å². The smallest absolute Gasteiger partial charge is 0.0632 e. The van der Waals surface area contributed by atoms with Crippen molar-refractivity contribution in [3.8, 4) is 0 Å². The second-order valence-corrected chi connectivity index (χ2v) is 5.00. The number of nitrogens with one attached hydrogen (secondary N) is 1. The molecule has 3 nitrogen and oxygen atoms in total. The number of aromatic nitrogens is 2. The average Bonchev–Trinajstić information content (AvgIpc) is 2.68. The van der Waals surface area contributed by atoms with Gasteiger partial charge in [0.15, 0.2) is 0 Å². The molecule has 1 aromatic heterocycles. The number of rotatable bonds is 9. The number of halogens is 1. The molecule has 0 fully saturated rings. The minimum absolute atomic E-state index is 1.04. The van der Waals surface area contributed by atoms with Crippen molar-refractivity contribution in [2.75, 3.05) is 13.1 Å². The van der Waals surface area contributed by atoms with E-state index in [2.05, 4.69) is 33.3 Å². The van der Waals surface area contributed by atoms with Gasteiger partial charge in [0.1, 0.15) is 0 Å². The lowest BCUT2D eigenvalue weighted by atomic mass is 10.2. The molecule has 0 radical (unpaired) electrons. The van der Waals surface area contributed by atoms with Crippen LogP contribution in [-0.2, 0) is 6.54 Å². The third-order valence-corrected chi connectivity index (χ3v) is 2.93. The summed E-state index contributed by atoms with van der Waals surface area (Å²) >= 11 is 3.40. The fourth-order valence-electron chi connectivity index (χ4n) is 1.64. The molecule has 1 aromatic rings. The van der Waals surface area contributed by atoms with Crippen LogP contribution in [0.5, 0.6) is 0 Å². The van der Waals surface area contributed by atoms with Crippen molar-refractivity contribution in [1.29, 1.82) is 0 Å². The fraction of sp³-hybridized carbons (Fsp3) is 0.750. The molecule has 0 saturated carbocycles. The van der Waals surface area contributed by atoms with Crippen LogP contribution in [0.3, 0.4) is 0 Å². The van der Waals surface area contributed by atoms with Crippen molar-refractivity contribution in [3.05, 3.63) is 16.9 Å². The molecule has 0 aromatic carbocycles. The van der Waals surface area contributed by atoms with Gasteiger partial charge in [-0.2, -0.15) is 5.10 Å². The molecular formula is C12H22BrN3. The number of hydrogen-bond acceptors (Lipinski definition) is 2. The van der Waals surface area contributed by atoms with Gasteiger partial charge in [-0.3, -0.25) is 4.68 Å². The van der Waals surface area contributed by atoms with E-state index in [1.807, 2.05) is 17.1 Å². The predicted octanol–water partition coefficient (Wildman–Crippen LogP) is 3.21. The molecular weight excluding hydrogens is 266 g/mol. The Kier molecular flexibility index (Phi) is 7.51. The fourth-order valence-corrected chi connectivity index (χ4v) is 1.97. The van der Waals surface area contributed by atoms with E-state index in [1.165, 1.54) is 38.6 Å². The Bertz CT molecular complexity index is 273. The lowest BCUT2D eigenvalue weighted by molar-refractivity contribution is 0.524. The van der Waals surface area contributed by atoms with Crippen molar-refractivity contribution in [3.63, 3.8) is 0 Å². The molecule has 0 amide bonds. The monoisotopic (exact) mass is 287 g/mol. The number of aryl methyl sites for hydroxylation is 1. The highest BCUT2D eigenvalue weighted by atomic mass is 79.9. The van der Waals surface area contributed by atoms with E-state index in [9.17, 15) is 0 Å². The molecule has 0 atom stereocenters. The Balaban J connectivity index is 1.88. The number of nitrogens with zero attached hydrogens (tertiary/aromatic N) is 2. The van der Waals surface area contributed by atoms with Gasteiger partial charge in [0.05, 0.1) is 10.7 Å². The van der Waals surface area contributed by atoms with Gasteiger partial charge in [0, 0.05) is 12.7 Å². The molecule has 0 bridgehead atoms. The zero-order valence-electron chi connectivity index (χ0n) is 10.1. The Morgan fingerprint density at radius 2 is 2.06 bits per heavy atom. The van der Waals surface area contributed by atoms with E-state index in [4.69, 9.17) is 0 Å². The van der Waals surface area contributed by atoms with Gasteiger partial charge < -0.3 is 5.32 Å². The van der Waals surface area contributed by atoms with E-state index >= 15 is 0 Å². The topological polar surface area (TPSA) is 29.9 Å². The normalized spacial score (nSPS) is 10.9. The molecule has 0 aliphatic rings. The first-order valence-electron chi connectivity index (χ1n) is 6.21. The molecule has 1 rings (SSSR count). The maximum Gasteiger partial charge on any atom is 0.0632 e. The molecule has 4 heteroatoms. The van der Waals surface area contributed by atoms with Gasteiger partial charge in [-0.05, 0) is 48.3 Å². The first kappa shape index (κ1) is 13.7. The van der Waals surface area contributed by atoms with Crippen molar-refractivity contribution < 1.29 is 0 Å². The Hall–Kier alpha value is -0.350. The lowest BCUT2D eigenvalue weighted by Crippen LogP contribution is -2.15. The zero-order chi connectivity index (χ0) is 11.6. The van der Waals surface area contributed by atoms with Gasteiger partial charge in [-0.25, -0.2) is 0 Å². The van der Waals surface area contributed by atoms with E-state index in [0.29, 0.717) is 0 Å². The summed E-state index contributed by atoms with van der Waals surface area (Å²) in [6.07, 6.45) is 10.2. The quantitative estimate of drug-likeness (QED) is 0.707. The third kappa shape index (κ3) is 6.28. The van der Waals surface area contributed by atoms with E-state index in [1.54, 1.807) is 0 Å². The van der Waals surface area contributed by atoms with Gasteiger partial charge in [0.2, 0.25) is 0 Å². The van der Waals surface area contributed by atoms with E-state index < -0.39 is 0 Å². The van der Waals surface area contributed by atoms with Crippen LogP contribution < -0.4 is 5.32 Å². The second kappa shape index (κ2) is 8.76. The zero-order valence-corrected chi connectivity index (χ0v) is 11.7. The average molecular weight is 288 g/mol. The predicted molar refractivity (Wildman–Crippen MR) is 71.6 cm³/mol. The maximum atomic E-state index is 4.23. The molecule has 0 unspecified atom stereocenters. The summed E-state index contributed by atoms with van der Waals surface area (Å²) < 4.78 is 3.07. The first-order valence-corrected chi connectivity index (χ1v) is 7.01. The van der Waals surface area contributed by atoms with E-state index in [0.717, 1.165) is 17.6 Å². The van der Waals surface area contributed by atoms with Crippen molar-refractivity contribution in [2.45, 2.75) is 45.6 Å². The molecule has 0 aliphatic heterocycles. The highest BCUT2D eigenvalue weighted by Crippen LogP contribution is 2.07. The van der Waals surface area contributed by atoms with Crippen LogP contribution in [-0.4, -0.2) is 22.9 Å². The SMILES string of the molecule is CCCNCCCCCCn1cc(Br)cn1. The molecule has 0 aliphatic carbocycles. The summed E-state index contributed by atoms with van der Waals surface area (Å²) in [6, 6.07) is 0. The second-order valence-electron chi connectivity index (χ2n) is 4.09.